The summed E-state index contributed by atoms with van der Waals surface area (Å²) in [6.45, 7) is 2.91. The zero-order chi connectivity index (χ0) is 13.1. The molecule has 4 heteroatoms. The first-order valence-corrected chi connectivity index (χ1v) is 6.08. The first-order valence-electron chi connectivity index (χ1n) is 6.08. The molecule has 0 aliphatic carbocycles. The second-order valence-electron chi connectivity index (χ2n) is 4.60. The number of piperidine rings is 1. The quantitative estimate of drug-likeness (QED) is 0.799. The number of carbonyl (C=O) groups is 2. The second kappa shape index (κ2) is 5.21. The fraction of sp³-hybridized carbons (Fsp3) is 0.429. The summed E-state index contributed by atoms with van der Waals surface area (Å²) in [6, 6.07) is 7.04. The number of likely N-dealkylation sites (tertiary alicyclic amines) is 1. The van der Waals surface area contributed by atoms with Gasteiger partial charge in [0.25, 0.3) is 5.91 Å². The molecule has 1 heterocycles. The molecule has 2 rings (SSSR count). The highest BCUT2D eigenvalue weighted by molar-refractivity contribution is 5.95. The Kier molecular flexibility index (Phi) is 3.65. The molecule has 0 saturated carbocycles. The van der Waals surface area contributed by atoms with E-state index in [9.17, 15) is 9.59 Å². The molecule has 1 amide bonds. The van der Waals surface area contributed by atoms with Gasteiger partial charge in [0.1, 0.15) is 11.5 Å². The van der Waals surface area contributed by atoms with Crippen LogP contribution in [0.5, 0.6) is 5.75 Å². The van der Waals surface area contributed by atoms with Gasteiger partial charge in [-0.25, -0.2) is 0 Å². The van der Waals surface area contributed by atoms with E-state index >= 15 is 0 Å². The predicted molar refractivity (Wildman–Crippen MR) is 67.7 cm³/mol. The molecule has 1 aliphatic rings. The molecule has 0 bridgehead atoms. The number of ether oxygens (including phenoxy) is 1. The first kappa shape index (κ1) is 12.6. The zero-order valence-electron chi connectivity index (χ0n) is 10.7. The summed E-state index contributed by atoms with van der Waals surface area (Å²) >= 11 is 0. The van der Waals surface area contributed by atoms with E-state index in [1.165, 1.54) is 0 Å². The van der Waals surface area contributed by atoms with Crippen molar-refractivity contribution in [3.8, 4) is 5.75 Å². The fourth-order valence-electron chi connectivity index (χ4n) is 2.12. The molecule has 96 valence electrons. The Balaban J connectivity index is 2.08. The maximum Gasteiger partial charge on any atom is 0.253 e. The average Bonchev–Trinajstić information content (AvgIpc) is 2.41. The summed E-state index contributed by atoms with van der Waals surface area (Å²) in [4.78, 5) is 25.4. The van der Waals surface area contributed by atoms with Crippen LogP contribution in [0.15, 0.2) is 24.3 Å². The van der Waals surface area contributed by atoms with Gasteiger partial charge >= 0.3 is 0 Å². The Bertz CT molecular complexity index is 453. The SMILES string of the molecule is COc1ccc(C(=O)N2CCC(=O)C(C)C2)cc1. The fourth-order valence-corrected chi connectivity index (χ4v) is 2.12. The molecule has 1 unspecified atom stereocenters. The maximum absolute atomic E-state index is 12.2. The lowest BCUT2D eigenvalue weighted by Crippen LogP contribution is -2.43. The third kappa shape index (κ3) is 2.53. The van der Waals surface area contributed by atoms with Crippen molar-refractivity contribution < 1.29 is 14.3 Å². The Morgan fingerprint density at radius 3 is 2.56 bits per heavy atom. The lowest BCUT2D eigenvalue weighted by atomic mass is 9.98. The van der Waals surface area contributed by atoms with Gasteiger partial charge < -0.3 is 9.64 Å². The van der Waals surface area contributed by atoms with Crippen molar-refractivity contribution in [1.82, 2.24) is 4.90 Å². The summed E-state index contributed by atoms with van der Waals surface area (Å²) in [5.74, 6) is 0.903. The van der Waals surface area contributed by atoms with Crippen LogP contribution in [0.2, 0.25) is 0 Å². The van der Waals surface area contributed by atoms with Crippen molar-refractivity contribution in [2.45, 2.75) is 13.3 Å². The normalized spacial score (nSPS) is 19.8. The summed E-state index contributed by atoms with van der Waals surface area (Å²) in [6.07, 6.45) is 0.461. The van der Waals surface area contributed by atoms with Crippen LogP contribution in [0.25, 0.3) is 0 Å². The van der Waals surface area contributed by atoms with Crippen molar-refractivity contribution in [3.63, 3.8) is 0 Å². The van der Waals surface area contributed by atoms with Gasteiger partial charge in [0.05, 0.1) is 7.11 Å². The van der Waals surface area contributed by atoms with E-state index in [0.717, 1.165) is 5.75 Å². The minimum Gasteiger partial charge on any atom is -0.497 e. The predicted octanol–water partition coefficient (Wildman–Crippen LogP) is 1.75. The highest BCUT2D eigenvalue weighted by Gasteiger charge is 2.27. The van der Waals surface area contributed by atoms with Gasteiger partial charge in [-0.05, 0) is 24.3 Å². The van der Waals surface area contributed by atoms with Crippen molar-refractivity contribution in [1.29, 1.82) is 0 Å². The van der Waals surface area contributed by atoms with E-state index < -0.39 is 0 Å². The van der Waals surface area contributed by atoms with Crippen LogP contribution >= 0.6 is 0 Å². The van der Waals surface area contributed by atoms with Gasteiger partial charge in [0, 0.05) is 31.0 Å². The van der Waals surface area contributed by atoms with Crippen LogP contribution in [0.4, 0.5) is 0 Å². The smallest absolute Gasteiger partial charge is 0.253 e. The largest absolute Gasteiger partial charge is 0.497 e. The van der Waals surface area contributed by atoms with Gasteiger partial charge in [0.2, 0.25) is 0 Å². The Hall–Kier alpha value is -1.84. The van der Waals surface area contributed by atoms with E-state index in [-0.39, 0.29) is 17.6 Å². The van der Waals surface area contributed by atoms with Crippen LogP contribution in [0.1, 0.15) is 23.7 Å². The number of methoxy groups -OCH3 is 1. The number of nitrogens with zero attached hydrogens (tertiary/aromatic N) is 1. The standard InChI is InChI=1S/C14H17NO3/c1-10-9-15(8-7-13(10)16)14(17)11-3-5-12(18-2)6-4-11/h3-6,10H,7-9H2,1-2H3. The Morgan fingerprint density at radius 1 is 1.33 bits per heavy atom. The molecule has 1 aromatic carbocycles. The maximum atomic E-state index is 12.2. The summed E-state index contributed by atoms with van der Waals surface area (Å²) in [5.41, 5.74) is 0.636. The lowest BCUT2D eigenvalue weighted by Gasteiger charge is -2.30. The van der Waals surface area contributed by atoms with Crippen LogP contribution in [-0.2, 0) is 4.79 Å². The number of ketones is 1. The van der Waals surface area contributed by atoms with Crippen LogP contribution < -0.4 is 4.74 Å². The van der Waals surface area contributed by atoms with E-state index in [0.29, 0.717) is 25.1 Å². The average molecular weight is 247 g/mol. The second-order valence-corrected chi connectivity index (χ2v) is 4.60. The van der Waals surface area contributed by atoms with Crippen molar-refractivity contribution in [2.75, 3.05) is 20.2 Å². The summed E-state index contributed by atoms with van der Waals surface area (Å²) in [5, 5.41) is 0. The molecule has 1 fully saturated rings. The molecule has 1 atom stereocenters. The van der Waals surface area contributed by atoms with Crippen molar-refractivity contribution in [2.24, 2.45) is 5.92 Å². The van der Waals surface area contributed by atoms with E-state index in [4.69, 9.17) is 4.74 Å². The minimum atomic E-state index is -0.0547. The number of amides is 1. The third-order valence-corrected chi connectivity index (χ3v) is 3.30. The molecule has 0 N–H and O–H groups in total. The van der Waals surface area contributed by atoms with Crippen LogP contribution in [-0.4, -0.2) is 36.8 Å². The number of carbonyl (C=O) groups excluding carboxylic acids is 2. The number of Topliss-reactive ketones (excluding diaryl/α,β-unsaturated/α-hetero) is 1. The van der Waals surface area contributed by atoms with Crippen molar-refractivity contribution >= 4 is 11.7 Å². The number of hydrogen-bond acceptors (Lipinski definition) is 3. The molecular weight excluding hydrogens is 230 g/mol. The van der Waals surface area contributed by atoms with E-state index in [2.05, 4.69) is 0 Å². The third-order valence-electron chi connectivity index (χ3n) is 3.30. The minimum absolute atomic E-state index is 0.0167. The Labute approximate surface area is 107 Å². The first-order chi connectivity index (χ1) is 8.61. The Morgan fingerprint density at radius 2 is 2.00 bits per heavy atom. The summed E-state index contributed by atoms with van der Waals surface area (Å²) in [7, 11) is 1.59. The van der Waals surface area contributed by atoms with Gasteiger partial charge in [0.15, 0.2) is 0 Å². The monoisotopic (exact) mass is 247 g/mol. The number of rotatable bonds is 2. The number of benzene rings is 1. The molecule has 1 aliphatic heterocycles. The van der Waals surface area contributed by atoms with Crippen LogP contribution in [0.3, 0.4) is 0 Å². The molecular formula is C14H17NO3. The molecule has 0 radical (unpaired) electrons. The number of hydrogen-bond donors (Lipinski definition) is 0. The molecule has 0 spiro atoms. The highest BCUT2D eigenvalue weighted by atomic mass is 16.5. The van der Waals surface area contributed by atoms with E-state index in [1.807, 2.05) is 6.92 Å². The molecule has 1 saturated heterocycles. The summed E-state index contributed by atoms with van der Waals surface area (Å²) < 4.78 is 5.06. The molecule has 1 aromatic rings. The molecule has 18 heavy (non-hydrogen) atoms. The van der Waals surface area contributed by atoms with Gasteiger partial charge in [-0.2, -0.15) is 0 Å². The zero-order valence-corrected chi connectivity index (χ0v) is 10.7. The topological polar surface area (TPSA) is 46.6 Å². The van der Waals surface area contributed by atoms with Crippen molar-refractivity contribution in [3.05, 3.63) is 29.8 Å². The molecule has 0 aromatic heterocycles. The van der Waals surface area contributed by atoms with Gasteiger partial charge in [-0.3, -0.25) is 9.59 Å². The highest BCUT2D eigenvalue weighted by Crippen LogP contribution is 2.17. The van der Waals surface area contributed by atoms with E-state index in [1.54, 1.807) is 36.3 Å². The molecule has 4 nitrogen and oxygen atoms in total. The van der Waals surface area contributed by atoms with Crippen LogP contribution in [0, 0.1) is 5.92 Å². The van der Waals surface area contributed by atoms with Gasteiger partial charge in [-0.1, -0.05) is 6.92 Å². The van der Waals surface area contributed by atoms with Gasteiger partial charge in [-0.15, -0.1) is 0 Å². The lowest BCUT2D eigenvalue weighted by molar-refractivity contribution is -0.124.